The topological polar surface area (TPSA) is 119 Å². The van der Waals surface area contributed by atoms with Gasteiger partial charge in [-0.25, -0.2) is 14.2 Å². The maximum absolute atomic E-state index is 16.0. The summed E-state index contributed by atoms with van der Waals surface area (Å²) in [6.45, 7) is 2.43. The van der Waals surface area contributed by atoms with Crippen LogP contribution in [0.15, 0.2) is 65.7 Å². The molecule has 0 spiro atoms. The Bertz CT molecular complexity index is 1680. The number of benzene rings is 3. The summed E-state index contributed by atoms with van der Waals surface area (Å²) in [6.07, 6.45) is 3.06. The second kappa shape index (κ2) is 12.8. The standard InChI is InChI=1S/C32H34FN5O4S/c1-4-18-14-24(28(33)26(15-18)41-2)29(36-20-7-9-22-19(16-20)11-12-35-30(22)34)31(39)38-13-5-6-25(38)23-17-21(8-10-27(23)43)37-32(40)42-3/h7-12,14-17,25,29,36,43H,4-6,13H2,1-3H3,(H2,34,35)(H,37,40)/t25-,29+/m1/s1. The van der Waals surface area contributed by atoms with E-state index in [1.807, 2.05) is 25.1 Å². The maximum atomic E-state index is 16.0. The van der Waals surface area contributed by atoms with Crippen LogP contribution in [0.2, 0.25) is 0 Å². The van der Waals surface area contributed by atoms with Crippen molar-refractivity contribution >= 4 is 52.6 Å². The summed E-state index contributed by atoms with van der Waals surface area (Å²) in [5.74, 6) is -0.433. The minimum absolute atomic E-state index is 0.0727. The Balaban J connectivity index is 1.57. The number of nitrogen functional groups attached to an aromatic ring is 1. The fourth-order valence-electron chi connectivity index (χ4n) is 5.56. The fraction of sp³-hybridized carbons (Fsp3) is 0.281. The van der Waals surface area contributed by atoms with Gasteiger partial charge < -0.3 is 25.4 Å². The average molecular weight is 604 g/mol. The number of rotatable bonds is 8. The fourth-order valence-corrected chi connectivity index (χ4v) is 5.85. The molecule has 4 aromatic rings. The van der Waals surface area contributed by atoms with Gasteiger partial charge in [0.05, 0.1) is 20.3 Å². The van der Waals surface area contributed by atoms with Crippen molar-refractivity contribution in [2.75, 3.05) is 37.1 Å². The molecule has 0 radical (unpaired) electrons. The van der Waals surface area contributed by atoms with Gasteiger partial charge in [0.2, 0.25) is 5.91 Å². The van der Waals surface area contributed by atoms with E-state index in [2.05, 4.69) is 28.2 Å². The van der Waals surface area contributed by atoms with Crippen LogP contribution in [0, 0.1) is 5.82 Å². The molecule has 0 saturated carbocycles. The first-order valence-corrected chi connectivity index (χ1v) is 14.4. The summed E-state index contributed by atoms with van der Waals surface area (Å²) in [6, 6.07) is 14.5. The van der Waals surface area contributed by atoms with E-state index >= 15 is 4.39 Å². The Kier molecular flexibility index (Phi) is 8.91. The number of anilines is 3. The molecule has 1 aliphatic heterocycles. The molecule has 1 saturated heterocycles. The number of pyridine rings is 1. The normalized spacial score (nSPS) is 15.3. The average Bonchev–Trinajstić information content (AvgIpc) is 3.50. The molecule has 2 atom stereocenters. The van der Waals surface area contributed by atoms with Gasteiger partial charge >= 0.3 is 6.09 Å². The Morgan fingerprint density at radius 2 is 1.93 bits per heavy atom. The van der Waals surface area contributed by atoms with Gasteiger partial charge in [0.25, 0.3) is 0 Å². The molecule has 224 valence electrons. The van der Waals surface area contributed by atoms with Crippen molar-refractivity contribution in [1.82, 2.24) is 9.88 Å². The monoisotopic (exact) mass is 603 g/mol. The molecule has 1 aromatic heterocycles. The Morgan fingerprint density at radius 1 is 1.14 bits per heavy atom. The summed E-state index contributed by atoms with van der Waals surface area (Å²) < 4.78 is 26.1. The molecule has 2 heterocycles. The van der Waals surface area contributed by atoms with Gasteiger partial charge in [-0.3, -0.25) is 10.1 Å². The highest BCUT2D eigenvalue weighted by atomic mass is 32.1. The van der Waals surface area contributed by atoms with Gasteiger partial charge in [-0.05, 0) is 84.3 Å². The number of nitrogens with one attached hydrogen (secondary N) is 2. The van der Waals surface area contributed by atoms with Gasteiger partial charge in [-0.15, -0.1) is 12.6 Å². The summed E-state index contributed by atoms with van der Waals surface area (Å²) in [4.78, 5) is 32.9. The van der Waals surface area contributed by atoms with Gasteiger partial charge in [0.15, 0.2) is 11.6 Å². The van der Waals surface area contributed by atoms with E-state index in [0.29, 0.717) is 41.5 Å². The van der Waals surface area contributed by atoms with Crippen LogP contribution in [-0.2, 0) is 16.0 Å². The first-order valence-electron chi connectivity index (χ1n) is 14.0. The number of hydrogen-bond donors (Lipinski definition) is 4. The zero-order chi connectivity index (χ0) is 30.7. The smallest absolute Gasteiger partial charge is 0.411 e. The number of ether oxygens (including phenoxy) is 2. The predicted octanol–water partition coefficient (Wildman–Crippen LogP) is 6.51. The van der Waals surface area contributed by atoms with Crippen molar-refractivity contribution < 1.29 is 23.5 Å². The van der Waals surface area contributed by atoms with Crippen molar-refractivity contribution in [2.45, 2.75) is 43.2 Å². The third-order valence-electron chi connectivity index (χ3n) is 7.77. The number of nitrogens with zero attached hydrogens (tertiary/aromatic N) is 2. The highest BCUT2D eigenvalue weighted by molar-refractivity contribution is 7.80. The van der Waals surface area contributed by atoms with E-state index in [4.69, 9.17) is 15.2 Å². The number of carbonyl (C=O) groups excluding carboxylic acids is 2. The molecule has 3 aromatic carbocycles. The van der Waals surface area contributed by atoms with Crippen molar-refractivity contribution in [3.05, 3.63) is 83.3 Å². The first-order chi connectivity index (χ1) is 20.7. The summed E-state index contributed by atoms with van der Waals surface area (Å²) in [5, 5.41) is 7.60. The first kappa shape index (κ1) is 30.0. The van der Waals surface area contributed by atoms with Crippen LogP contribution in [-0.4, -0.2) is 42.6 Å². The number of aryl methyl sites for hydroxylation is 1. The number of methoxy groups -OCH3 is 2. The number of nitrogens with two attached hydrogens (primary N) is 1. The van der Waals surface area contributed by atoms with E-state index in [0.717, 1.165) is 28.3 Å². The number of fused-ring (bicyclic) bond motifs is 1. The second-order valence-corrected chi connectivity index (χ2v) is 10.8. The van der Waals surface area contributed by atoms with Crippen LogP contribution in [0.1, 0.15) is 48.5 Å². The lowest BCUT2D eigenvalue weighted by atomic mass is 9.98. The number of aromatic nitrogens is 1. The van der Waals surface area contributed by atoms with Gasteiger partial charge in [0.1, 0.15) is 11.9 Å². The summed E-state index contributed by atoms with van der Waals surface area (Å²) in [5.41, 5.74) is 8.98. The Morgan fingerprint density at radius 3 is 2.67 bits per heavy atom. The molecule has 9 nitrogen and oxygen atoms in total. The number of carbonyl (C=O) groups is 2. The van der Waals surface area contributed by atoms with Crippen LogP contribution in [0.3, 0.4) is 0 Å². The van der Waals surface area contributed by atoms with Crippen molar-refractivity contribution in [2.24, 2.45) is 0 Å². The van der Waals surface area contributed by atoms with Gasteiger partial charge in [0, 0.05) is 40.0 Å². The number of thiol groups is 1. The SMILES string of the molecule is CCc1cc(OC)c(F)c([C@H](Nc2ccc3c(N)nccc3c2)C(=O)N2CCC[C@@H]2c2cc(NC(=O)OC)ccc2S)c1. The summed E-state index contributed by atoms with van der Waals surface area (Å²) >= 11 is 4.67. The molecule has 1 aliphatic rings. The zero-order valence-electron chi connectivity index (χ0n) is 24.2. The third-order valence-corrected chi connectivity index (χ3v) is 8.18. The second-order valence-electron chi connectivity index (χ2n) is 10.3. The lowest BCUT2D eigenvalue weighted by Gasteiger charge is -2.31. The van der Waals surface area contributed by atoms with E-state index in [9.17, 15) is 9.59 Å². The highest BCUT2D eigenvalue weighted by Gasteiger charge is 2.37. The number of likely N-dealkylation sites (tertiary alicyclic amines) is 1. The highest BCUT2D eigenvalue weighted by Crippen LogP contribution is 2.40. The predicted molar refractivity (Wildman–Crippen MR) is 168 cm³/mol. The molecule has 0 aliphatic carbocycles. The molecule has 4 N–H and O–H groups in total. The van der Waals surface area contributed by atoms with Crippen LogP contribution >= 0.6 is 12.6 Å². The Labute approximate surface area is 255 Å². The molecular formula is C32H34FN5O4S. The van der Waals surface area contributed by atoms with E-state index < -0.39 is 18.0 Å². The molecule has 43 heavy (non-hydrogen) atoms. The molecule has 0 unspecified atom stereocenters. The lowest BCUT2D eigenvalue weighted by Crippen LogP contribution is -2.38. The number of amides is 2. The molecule has 5 rings (SSSR count). The molecular weight excluding hydrogens is 569 g/mol. The van der Waals surface area contributed by atoms with Crippen LogP contribution < -0.4 is 21.1 Å². The largest absolute Gasteiger partial charge is 0.494 e. The number of halogens is 1. The summed E-state index contributed by atoms with van der Waals surface area (Å²) in [7, 11) is 2.70. The molecule has 11 heteroatoms. The minimum Gasteiger partial charge on any atom is -0.494 e. The van der Waals surface area contributed by atoms with Crippen LogP contribution in [0.25, 0.3) is 10.8 Å². The Hall–Kier alpha value is -4.51. The van der Waals surface area contributed by atoms with E-state index in [1.165, 1.54) is 14.2 Å². The van der Waals surface area contributed by atoms with E-state index in [1.54, 1.807) is 47.5 Å². The van der Waals surface area contributed by atoms with Crippen molar-refractivity contribution in [3.63, 3.8) is 0 Å². The zero-order valence-corrected chi connectivity index (χ0v) is 25.1. The van der Waals surface area contributed by atoms with Crippen LogP contribution in [0.4, 0.5) is 26.4 Å². The van der Waals surface area contributed by atoms with Crippen molar-refractivity contribution in [3.8, 4) is 5.75 Å². The third kappa shape index (κ3) is 6.17. The van der Waals surface area contributed by atoms with Gasteiger partial charge in [-0.1, -0.05) is 13.0 Å². The van der Waals surface area contributed by atoms with Crippen molar-refractivity contribution in [1.29, 1.82) is 0 Å². The van der Waals surface area contributed by atoms with Crippen LogP contribution in [0.5, 0.6) is 5.75 Å². The lowest BCUT2D eigenvalue weighted by molar-refractivity contribution is -0.133. The number of hydrogen-bond acceptors (Lipinski definition) is 8. The molecule has 0 bridgehead atoms. The minimum atomic E-state index is -1.07. The molecule has 2 amide bonds. The maximum Gasteiger partial charge on any atom is 0.411 e. The van der Waals surface area contributed by atoms with E-state index in [-0.39, 0.29) is 23.3 Å². The quantitative estimate of drug-likeness (QED) is 0.170. The van der Waals surface area contributed by atoms with Gasteiger partial charge in [-0.2, -0.15) is 0 Å². The molecule has 1 fully saturated rings.